The SMILES string of the molecule is CC(CN)CN1CCN(CCCn2ccnc2)CC1. The van der Waals surface area contributed by atoms with E-state index in [0.29, 0.717) is 5.92 Å². The fraction of sp³-hybridized carbons (Fsp3) is 0.786. The molecule has 5 heteroatoms. The van der Waals surface area contributed by atoms with E-state index in [1.165, 1.54) is 39.1 Å². The van der Waals surface area contributed by atoms with E-state index >= 15 is 0 Å². The van der Waals surface area contributed by atoms with Crippen molar-refractivity contribution in [3.63, 3.8) is 0 Å². The Morgan fingerprint density at radius 3 is 2.53 bits per heavy atom. The normalized spacial score (nSPS) is 19.7. The van der Waals surface area contributed by atoms with Crippen LogP contribution in [0.3, 0.4) is 0 Å². The minimum atomic E-state index is 0.618. The molecular weight excluding hydrogens is 238 g/mol. The summed E-state index contributed by atoms with van der Waals surface area (Å²) < 4.78 is 2.15. The summed E-state index contributed by atoms with van der Waals surface area (Å²) in [5.74, 6) is 0.618. The van der Waals surface area contributed by atoms with E-state index in [1.807, 2.05) is 18.7 Å². The van der Waals surface area contributed by atoms with Gasteiger partial charge in [-0.05, 0) is 25.4 Å². The minimum absolute atomic E-state index is 0.618. The number of imidazole rings is 1. The molecule has 0 aromatic carbocycles. The fourth-order valence-electron chi connectivity index (χ4n) is 2.61. The molecule has 1 aromatic rings. The second-order valence-corrected chi connectivity index (χ2v) is 5.64. The number of nitrogens with zero attached hydrogens (tertiary/aromatic N) is 4. The van der Waals surface area contributed by atoms with Crippen molar-refractivity contribution in [3.05, 3.63) is 18.7 Å². The highest BCUT2D eigenvalue weighted by atomic mass is 15.3. The van der Waals surface area contributed by atoms with Gasteiger partial charge in [0.2, 0.25) is 0 Å². The number of piperazine rings is 1. The van der Waals surface area contributed by atoms with Gasteiger partial charge in [0.15, 0.2) is 0 Å². The molecule has 1 atom stereocenters. The van der Waals surface area contributed by atoms with Gasteiger partial charge in [0.05, 0.1) is 6.33 Å². The molecule has 19 heavy (non-hydrogen) atoms. The first-order valence-electron chi connectivity index (χ1n) is 7.38. The Balaban J connectivity index is 1.58. The highest BCUT2D eigenvalue weighted by molar-refractivity contribution is 4.76. The molecule has 2 heterocycles. The summed E-state index contributed by atoms with van der Waals surface area (Å²) >= 11 is 0. The number of nitrogens with two attached hydrogens (primary N) is 1. The summed E-state index contributed by atoms with van der Waals surface area (Å²) in [6.45, 7) is 11.2. The van der Waals surface area contributed by atoms with E-state index in [4.69, 9.17) is 5.73 Å². The predicted molar refractivity (Wildman–Crippen MR) is 77.9 cm³/mol. The highest BCUT2D eigenvalue weighted by Crippen LogP contribution is 2.06. The maximum absolute atomic E-state index is 5.68. The molecule has 5 nitrogen and oxygen atoms in total. The van der Waals surface area contributed by atoms with Gasteiger partial charge in [-0.25, -0.2) is 4.98 Å². The van der Waals surface area contributed by atoms with Gasteiger partial charge in [-0.2, -0.15) is 0 Å². The van der Waals surface area contributed by atoms with E-state index in [0.717, 1.165) is 19.6 Å². The van der Waals surface area contributed by atoms with Gasteiger partial charge in [-0.3, -0.25) is 0 Å². The Hall–Kier alpha value is -0.910. The van der Waals surface area contributed by atoms with Crippen LogP contribution in [0.15, 0.2) is 18.7 Å². The molecule has 1 unspecified atom stereocenters. The average molecular weight is 265 g/mol. The van der Waals surface area contributed by atoms with Crippen molar-refractivity contribution < 1.29 is 0 Å². The quantitative estimate of drug-likeness (QED) is 0.779. The molecule has 2 rings (SSSR count). The van der Waals surface area contributed by atoms with Crippen LogP contribution in [-0.4, -0.2) is 65.2 Å². The summed E-state index contributed by atoms with van der Waals surface area (Å²) in [7, 11) is 0. The molecule has 0 spiro atoms. The van der Waals surface area contributed by atoms with Crippen molar-refractivity contribution in [1.29, 1.82) is 0 Å². The van der Waals surface area contributed by atoms with Crippen LogP contribution in [0.4, 0.5) is 0 Å². The van der Waals surface area contributed by atoms with Gasteiger partial charge in [0.25, 0.3) is 0 Å². The van der Waals surface area contributed by atoms with E-state index in [9.17, 15) is 0 Å². The summed E-state index contributed by atoms with van der Waals surface area (Å²) in [6.07, 6.45) is 6.98. The first kappa shape index (κ1) is 14.5. The fourth-order valence-corrected chi connectivity index (χ4v) is 2.61. The van der Waals surface area contributed by atoms with Crippen molar-refractivity contribution in [2.24, 2.45) is 11.7 Å². The molecule has 2 N–H and O–H groups in total. The third kappa shape index (κ3) is 4.93. The summed E-state index contributed by atoms with van der Waals surface area (Å²) in [4.78, 5) is 9.18. The largest absolute Gasteiger partial charge is 0.337 e. The predicted octanol–water partition coefficient (Wildman–Crippen LogP) is 0.486. The number of aromatic nitrogens is 2. The molecule has 1 fully saturated rings. The van der Waals surface area contributed by atoms with Crippen LogP contribution in [0.1, 0.15) is 13.3 Å². The Labute approximate surface area is 116 Å². The first-order chi connectivity index (χ1) is 9.28. The first-order valence-corrected chi connectivity index (χ1v) is 7.38. The van der Waals surface area contributed by atoms with Crippen molar-refractivity contribution >= 4 is 0 Å². The lowest BCUT2D eigenvalue weighted by atomic mass is 10.1. The molecule has 0 radical (unpaired) electrons. The van der Waals surface area contributed by atoms with Gasteiger partial charge >= 0.3 is 0 Å². The second-order valence-electron chi connectivity index (χ2n) is 5.64. The number of hydrogen-bond donors (Lipinski definition) is 1. The van der Waals surface area contributed by atoms with Gasteiger partial charge in [0, 0.05) is 51.7 Å². The van der Waals surface area contributed by atoms with Gasteiger partial charge in [0.1, 0.15) is 0 Å². The molecule has 1 aromatic heterocycles. The van der Waals surface area contributed by atoms with Crippen LogP contribution in [0, 0.1) is 5.92 Å². The summed E-state index contributed by atoms with van der Waals surface area (Å²) in [5, 5.41) is 0. The van der Waals surface area contributed by atoms with Crippen LogP contribution in [0.5, 0.6) is 0 Å². The Morgan fingerprint density at radius 2 is 1.89 bits per heavy atom. The zero-order chi connectivity index (χ0) is 13.5. The van der Waals surface area contributed by atoms with Crippen molar-refractivity contribution in [2.45, 2.75) is 19.9 Å². The Bertz CT molecular complexity index is 330. The third-order valence-corrected chi connectivity index (χ3v) is 3.89. The lowest BCUT2D eigenvalue weighted by Crippen LogP contribution is -2.48. The molecule has 0 aliphatic carbocycles. The van der Waals surface area contributed by atoms with Crippen molar-refractivity contribution in [1.82, 2.24) is 19.4 Å². The van der Waals surface area contributed by atoms with Crippen LogP contribution < -0.4 is 5.73 Å². The van der Waals surface area contributed by atoms with Gasteiger partial charge in [-0.1, -0.05) is 6.92 Å². The van der Waals surface area contributed by atoms with Gasteiger partial charge < -0.3 is 20.1 Å². The van der Waals surface area contributed by atoms with Gasteiger partial charge in [-0.15, -0.1) is 0 Å². The molecule has 0 saturated carbocycles. The van der Waals surface area contributed by atoms with E-state index < -0.39 is 0 Å². The lowest BCUT2D eigenvalue weighted by Gasteiger charge is -2.35. The number of hydrogen-bond acceptors (Lipinski definition) is 4. The maximum atomic E-state index is 5.68. The summed E-state index contributed by atoms with van der Waals surface area (Å²) in [6, 6.07) is 0. The Kier molecular flexibility index (Phi) is 5.82. The number of aryl methyl sites for hydroxylation is 1. The van der Waals surface area contributed by atoms with Crippen LogP contribution in [0.2, 0.25) is 0 Å². The zero-order valence-electron chi connectivity index (χ0n) is 12.0. The molecule has 1 aliphatic heterocycles. The van der Waals surface area contributed by atoms with Crippen LogP contribution in [0.25, 0.3) is 0 Å². The van der Waals surface area contributed by atoms with E-state index in [2.05, 4.69) is 26.3 Å². The van der Waals surface area contributed by atoms with Crippen LogP contribution in [-0.2, 0) is 6.54 Å². The molecule has 108 valence electrons. The summed E-state index contributed by atoms with van der Waals surface area (Å²) in [5.41, 5.74) is 5.68. The highest BCUT2D eigenvalue weighted by Gasteiger charge is 2.17. The van der Waals surface area contributed by atoms with Crippen molar-refractivity contribution in [2.75, 3.05) is 45.8 Å². The Morgan fingerprint density at radius 1 is 1.16 bits per heavy atom. The maximum Gasteiger partial charge on any atom is 0.0945 e. The molecule has 1 saturated heterocycles. The third-order valence-electron chi connectivity index (χ3n) is 3.89. The molecule has 0 amide bonds. The zero-order valence-corrected chi connectivity index (χ0v) is 12.0. The van der Waals surface area contributed by atoms with Crippen LogP contribution >= 0.6 is 0 Å². The smallest absolute Gasteiger partial charge is 0.0945 e. The minimum Gasteiger partial charge on any atom is -0.337 e. The second kappa shape index (κ2) is 7.62. The molecule has 0 bridgehead atoms. The van der Waals surface area contributed by atoms with E-state index in [-0.39, 0.29) is 0 Å². The van der Waals surface area contributed by atoms with E-state index in [1.54, 1.807) is 0 Å². The van der Waals surface area contributed by atoms with Crippen molar-refractivity contribution in [3.8, 4) is 0 Å². The lowest BCUT2D eigenvalue weighted by molar-refractivity contribution is 0.119. The average Bonchev–Trinajstić information content (AvgIpc) is 2.94. The monoisotopic (exact) mass is 265 g/mol. The standard InChI is InChI=1S/C14H27N5/c1-14(11-15)12-18-9-7-17(8-10-18)4-2-5-19-6-3-16-13-19/h3,6,13-14H,2,4-5,7-12,15H2,1H3. The number of rotatable bonds is 7. The molecular formula is C14H27N5. The topological polar surface area (TPSA) is 50.3 Å². The molecule has 1 aliphatic rings.